The lowest BCUT2D eigenvalue weighted by Gasteiger charge is -2.37. The van der Waals surface area contributed by atoms with E-state index in [0.717, 1.165) is 0 Å². The molecule has 0 bridgehead atoms. The normalized spacial score (nSPS) is 17.8. The molecule has 4 N–H and O–H groups in total. The topological polar surface area (TPSA) is 129 Å². The van der Waals surface area contributed by atoms with E-state index in [4.69, 9.17) is 21.3 Å². The number of aliphatic hydroxyl groups is 2. The van der Waals surface area contributed by atoms with E-state index < -0.39 is 29.9 Å². The molecule has 2 rings (SSSR count). The first kappa shape index (κ1) is 18.8. The lowest BCUT2D eigenvalue weighted by molar-refractivity contribution is -0.179. The Hall–Kier alpha value is -1.49. The number of H-pyrrole nitrogens is 1. The predicted molar refractivity (Wildman–Crippen MR) is 86.4 cm³/mol. The molecule has 0 aliphatic rings. The zero-order valence-electron chi connectivity index (χ0n) is 11.9. The summed E-state index contributed by atoms with van der Waals surface area (Å²) in [6.07, 6.45) is -5.84. The Kier molecular flexibility index (Phi) is 5.97. The highest BCUT2D eigenvalue weighted by molar-refractivity contribution is 9.06. The van der Waals surface area contributed by atoms with Crippen LogP contribution < -0.4 is 0 Å². The van der Waals surface area contributed by atoms with Crippen LogP contribution >= 0.6 is 28.1 Å². The van der Waals surface area contributed by atoms with Crippen LogP contribution in [0.2, 0.25) is 0 Å². The van der Waals surface area contributed by atoms with Crippen LogP contribution in [-0.2, 0) is 23.3 Å². The van der Waals surface area contributed by atoms with Crippen LogP contribution in [0, 0.1) is 0 Å². The van der Waals surface area contributed by atoms with Crippen LogP contribution in [0.5, 0.6) is 0 Å². The number of rotatable bonds is 8. The number of fused-ring (bicyclic) bond motifs is 1. The Bertz CT molecular complexity index is 706. The second-order valence-electron chi connectivity index (χ2n) is 5.01. The van der Waals surface area contributed by atoms with E-state index in [1.165, 1.54) is 6.07 Å². The summed E-state index contributed by atoms with van der Waals surface area (Å²) >= 11 is 8.00. The van der Waals surface area contributed by atoms with Crippen LogP contribution in [0.3, 0.4) is 0 Å². The van der Waals surface area contributed by atoms with E-state index >= 15 is 0 Å². The summed E-state index contributed by atoms with van der Waals surface area (Å²) in [4.78, 5) is 25.3. The molecule has 24 heavy (non-hydrogen) atoms. The van der Waals surface area contributed by atoms with Gasteiger partial charge in [0.25, 0.3) is 0 Å². The van der Waals surface area contributed by atoms with Crippen molar-refractivity contribution >= 4 is 51.3 Å². The molecule has 130 valence electrons. The van der Waals surface area contributed by atoms with Crippen molar-refractivity contribution in [1.82, 2.24) is 4.98 Å². The summed E-state index contributed by atoms with van der Waals surface area (Å²) in [5.74, 6) is -1.56. The van der Waals surface area contributed by atoms with Gasteiger partial charge < -0.3 is 25.1 Å². The van der Waals surface area contributed by atoms with Crippen molar-refractivity contribution in [3.63, 3.8) is 0 Å². The maximum atomic E-state index is 11.3. The molecule has 0 unspecified atom stereocenters. The number of carboxylic acids is 1. The summed E-state index contributed by atoms with van der Waals surface area (Å²) in [6.45, 7) is 0. The number of aliphatic carboxylic acids is 1. The Morgan fingerprint density at radius 3 is 2.54 bits per heavy atom. The fourth-order valence-electron chi connectivity index (χ4n) is 2.46. The minimum atomic E-state index is -2.31. The van der Waals surface area contributed by atoms with E-state index in [1.807, 2.05) is 0 Å². The predicted octanol–water partition coefficient (Wildman–Crippen LogP) is 1.23. The van der Waals surface area contributed by atoms with Gasteiger partial charge in [-0.3, -0.25) is 8.12 Å². The number of aldehydes is 1. The lowest BCUT2D eigenvalue weighted by atomic mass is 9.84. The molecule has 0 radical (unpaired) electrons. The highest BCUT2D eigenvalue weighted by Gasteiger charge is 2.54. The van der Waals surface area contributed by atoms with Crippen molar-refractivity contribution in [2.75, 3.05) is 0 Å². The van der Waals surface area contributed by atoms with Crippen LogP contribution in [-0.4, -0.2) is 50.9 Å². The first-order chi connectivity index (χ1) is 11.4. The van der Waals surface area contributed by atoms with Crippen molar-refractivity contribution in [3.05, 3.63) is 36.0 Å². The van der Waals surface area contributed by atoms with Gasteiger partial charge in [0, 0.05) is 5.52 Å². The fraction of sp³-hybridized carbons (Fsp3) is 0.286. The van der Waals surface area contributed by atoms with Crippen molar-refractivity contribution in [2.45, 2.75) is 23.9 Å². The van der Waals surface area contributed by atoms with Crippen LogP contribution in [0.25, 0.3) is 10.9 Å². The summed E-state index contributed by atoms with van der Waals surface area (Å²) < 4.78 is 9.30. The smallest absolute Gasteiger partial charge is 0.336 e. The summed E-state index contributed by atoms with van der Waals surface area (Å²) in [5.41, 5.74) is -1.71. The van der Waals surface area contributed by atoms with E-state index in [2.05, 4.69) is 25.1 Å². The van der Waals surface area contributed by atoms with Crippen molar-refractivity contribution in [1.29, 1.82) is 0 Å². The number of nitrogens with one attached hydrogen (secondary N) is 1. The van der Waals surface area contributed by atoms with Crippen LogP contribution in [0.15, 0.2) is 30.3 Å². The van der Waals surface area contributed by atoms with E-state index in [1.54, 1.807) is 24.3 Å². The summed E-state index contributed by atoms with van der Waals surface area (Å²) in [5, 5.41) is 30.4. The number of carboxylic acid groups (broad SMARTS) is 1. The van der Waals surface area contributed by atoms with E-state index in [9.17, 15) is 19.8 Å². The molecule has 0 amide bonds. The average Bonchev–Trinajstić information content (AvgIpc) is 3.00. The first-order valence-corrected chi connectivity index (χ1v) is 7.57. The van der Waals surface area contributed by atoms with Crippen LogP contribution in [0.4, 0.5) is 0 Å². The number of aliphatic hydroxyl groups excluding tert-OH is 2. The second-order valence-corrected chi connectivity index (χ2v) is 5.54. The number of aromatic amines is 1. The summed E-state index contributed by atoms with van der Waals surface area (Å²) in [7, 11) is 0. The highest BCUT2D eigenvalue weighted by Crippen LogP contribution is 2.38. The van der Waals surface area contributed by atoms with Crippen molar-refractivity contribution in [2.24, 2.45) is 0 Å². The van der Waals surface area contributed by atoms with Gasteiger partial charge in [-0.05, 0) is 17.5 Å². The Morgan fingerprint density at radius 2 is 2.04 bits per heavy atom. The van der Waals surface area contributed by atoms with Gasteiger partial charge >= 0.3 is 5.97 Å². The third kappa shape index (κ3) is 3.06. The number of hydrogen-bond donors (Lipinski definition) is 4. The number of carbonyl (C=O) groups excluding carboxylic acids is 1. The van der Waals surface area contributed by atoms with Gasteiger partial charge in [-0.1, -0.05) is 18.2 Å². The second kappa shape index (κ2) is 7.60. The summed E-state index contributed by atoms with van der Waals surface area (Å²) in [6, 6.07) is 8.38. The zero-order valence-corrected chi connectivity index (χ0v) is 14.3. The number of hydrogen-bond acceptors (Lipinski definition) is 6. The molecule has 1 aromatic carbocycles. The number of benzene rings is 1. The van der Waals surface area contributed by atoms with Gasteiger partial charge in [-0.25, -0.2) is 4.79 Å². The van der Waals surface area contributed by atoms with E-state index in [0.29, 0.717) is 10.9 Å². The van der Waals surface area contributed by atoms with Gasteiger partial charge in [0.2, 0.25) is 0 Å². The Labute approximate surface area is 149 Å². The standard InChI is InChI=1S/C14H13BrClNO7/c15-23-11(13(21)22)12(20)14(24-16,10(19)6-18)9-5-7-3-1-2-4-8(7)17-9/h1-6,10-12,17,19-20H,(H,21,22)/t10-,11-,12+,14+/m0/s1. The number of aromatic nitrogens is 1. The van der Waals surface area contributed by atoms with Crippen molar-refractivity contribution < 1.29 is 33.0 Å². The number of carbonyl (C=O) groups is 2. The van der Waals surface area contributed by atoms with Gasteiger partial charge in [0.15, 0.2) is 18.0 Å². The van der Waals surface area contributed by atoms with Crippen molar-refractivity contribution in [3.8, 4) is 0 Å². The molecule has 0 spiro atoms. The number of para-hydroxylation sites is 1. The zero-order chi connectivity index (χ0) is 17.9. The third-order valence-electron chi connectivity index (χ3n) is 3.71. The maximum absolute atomic E-state index is 11.3. The molecule has 10 heteroatoms. The van der Waals surface area contributed by atoms with Crippen LogP contribution in [0.1, 0.15) is 5.69 Å². The SMILES string of the molecule is O=C[C@H](O)[C@](OCl)(c1cc2ccccc2[nH]1)[C@H](O)[C@H](OBr)C(=O)O. The molecule has 4 atom stereocenters. The van der Waals surface area contributed by atoms with Gasteiger partial charge in [0.1, 0.15) is 12.2 Å². The largest absolute Gasteiger partial charge is 0.479 e. The lowest BCUT2D eigenvalue weighted by Crippen LogP contribution is -2.57. The molecule has 0 saturated heterocycles. The molecule has 1 aromatic heterocycles. The molecule has 2 aromatic rings. The van der Waals surface area contributed by atoms with Gasteiger partial charge in [-0.15, -0.1) is 0 Å². The molecular formula is C14H13BrClNO7. The highest BCUT2D eigenvalue weighted by atomic mass is 79.9. The quantitative estimate of drug-likeness (QED) is 0.471. The Morgan fingerprint density at radius 1 is 1.38 bits per heavy atom. The van der Waals surface area contributed by atoms with Gasteiger partial charge in [-0.2, -0.15) is 0 Å². The minimum absolute atomic E-state index is 0.00148. The molecule has 0 saturated carbocycles. The first-order valence-electron chi connectivity index (χ1n) is 6.62. The molecule has 8 nitrogen and oxygen atoms in total. The average molecular weight is 423 g/mol. The molecular weight excluding hydrogens is 410 g/mol. The minimum Gasteiger partial charge on any atom is -0.479 e. The fourth-order valence-corrected chi connectivity index (χ4v) is 3.09. The Balaban J connectivity index is 2.66. The van der Waals surface area contributed by atoms with E-state index in [-0.39, 0.29) is 12.0 Å². The molecule has 0 fully saturated rings. The van der Waals surface area contributed by atoms with Gasteiger partial charge in [0.05, 0.1) is 33.8 Å². The number of halogens is 2. The molecule has 0 aliphatic carbocycles. The molecule has 0 aliphatic heterocycles. The maximum Gasteiger partial charge on any atom is 0.336 e. The monoisotopic (exact) mass is 421 g/mol. The third-order valence-corrected chi connectivity index (χ3v) is 4.37. The molecule has 1 heterocycles.